The van der Waals surface area contributed by atoms with Crippen LogP contribution in [0, 0.1) is 0 Å². The molecule has 2 aliphatic heterocycles. The number of pyridine rings is 2. The standard InChI is InChI=1S/C20H25N3O2/c1-2-8-22-18(4-1)14-24-19-12-20(25-15-19)7-3-11-23(16-20)13-17-5-9-21-10-6-17/h1-2,4-6,8-10,19H,3,7,11-16H2/t19-,20+/m1/s1. The molecule has 0 bridgehead atoms. The number of hydrogen-bond donors (Lipinski definition) is 0. The lowest BCUT2D eigenvalue weighted by atomic mass is 9.89. The van der Waals surface area contributed by atoms with Crippen LogP contribution in [0.25, 0.3) is 0 Å². The van der Waals surface area contributed by atoms with Gasteiger partial charge in [0.15, 0.2) is 0 Å². The highest BCUT2D eigenvalue weighted by Crippen LogP contribution is 2.36. The SMILES string of the molecule is c1ccc(CO[C@H]2CO[C@@]3(CCCN(Cc4ccncc4)C3)C2)nc1. The topological polar surface area (TPSA) is 47.5 Å². The lowest BCUT2D eigenvalue weighted by molar-refractivity contribution is -0.0548. The molecule has 1 spiro atoms. The quantitative estimate of drug-likeness (QED) is 0.838. The molecule has 4 heterocycles. The number of piperidine rings is 1. The first kappa shape index (κ1) is 16.6. The van der Waals surface area contributed by atoms with Crippen molar-refractivity contribution in [3.8, 4) is 0 Å². The third-order valence-electron chi connectivity index (χ3n) is 5.14. The van der Waals surface area contributed by atoms with Crippen molar-refractivity contribution >= 4 is 0 Å². The summed E-state index contributed by atoms with van der Waals surface area (Å²) < 4.78 is 12.3. The van der Waals surface area contributed by atoms with E-state index in [1.807, 2.05) is 36.8 Å². The van der Waals surface area contributed by atoms with Gasteiger partial charge in [-0.3, -0.25) is 14.9 Å². The van der Waals surface area contributed by atoms with Crippen LogP contribution >= 0.6 is 0 Å². The van der Waals surface area contributed by atoms with Crippen molar-refractivity contribution in [1.29, 1.82) is 0 Å². The monoisotopic (exact) mass is 339 g/mol. The summed E-state index contributed by atoms with van der Waals surface area (Å²) in [4.78, 5) is 10.9. The Morgan fingerprint density at radius 3 is 2.96 bits per heavy atom. The first-order valence-electron chi connectivity index (χ1n) is 9.08. The average molecular weight is 339 g/mol. The Kier molecular flexibility index (Phi) is 5.06. The second-order valence-corrected chi connectivity index (χ2v) is 7.12. The minimum Gasteiger partial charge on any atom is -0.371 e. The van der Waals surface area contributed by atoms with Gasteiger partial charge in [0.2, 0.25) is 0 Å². The number of rotatable bonds is 5. The van der Waals surface area contributed by atoms with Gasteiger partial charge >= 0.3 is 0 Å². The molecule has 0 saturated carbocycles. The Morgan fingerprint density at radius 2 is 2.12 bits per heavy atom. The molecule has 5 nitrogen and oxygen atoms in total. The summed E-state index contributed by atoms with van der Waals surface area (Å²) in [7, 11) is 0. The Morgan fingerprint density at radius 1 is 1.20 bits per heavy atom. The Hall–Kier alpha value is -1.82. The van der Waals surface area contributed by atoms with Gasteiger partial charge in [0.1, 0.15) is 0 Å². The summed E-state index contributed by atoms with van der Waals surface area (Å²) in [6, 6.07) is 10.1. The zero-order valence-corrected chi connectivity index (χ0v) is 14.5. The second-order valence-electron chi connectivity index (χ2n) is 7.12. The number of hydrogen-bond acceptors (Lipinski definition) is 5. The maximum absolute atomic E-state index is 6.25. The summed E-state index contributed by atoms with van der Waals surface area (Å²) >= 11 is 0. The van der Waals surface area contributed by atoms with E-state index in [1.165, 1.54) is 12.0 Å². The van der Waals surface area contributed by atoms with E-state index in [4.69, 9.17) is 9.47 Å². The van der Waals surface area contributed by atoms with Crippen molar-refractivity contribution in [3.63, 3.8) is 0 Å². The molecule has 0 N–H and O–H groups in total. The van der Waals surface area contributed by atoms with Crippen LogP contribution in [-0.4, -0.2) is 46.3 Å². The predicted octanol–water partition coefficient (Wildman–Crippen LogP) is 2.82. The lowest BCUT2D eigenvalue weighted by Gasteiger charge is -2.39. The maximum Gasteiger partial charge on any atom is 0.0892 e. The average Bonchev–Trinajstić information content (AvgIpc) is 3.04. The largest absolute Gasteiger partial charge is 0.371 e. The molecule has 25 heavy (non-hydrogen) atoms. The minimum absolute atomic E-state index is 0.0416. The highest BCUT2D eigenvalue weighted by Gasteiger charge is 2.43. The molecule has 0 unspecified atom stereocenters. The third-order valence-corrected chi connectivity index (χ3v) is 5.14. The van der Waals surface area contributed by atoms with E-state index in [2.05, 4.69) is 27.0 Å². The molecule has 2 fully saturated rings. The number of ether oxygens (including phenoxy) is 2. The lowest BCUT2D eigenvalue weighted by Crippen LogP contribution is -2.47. The van der Waals surface area contributed by atoms with E-state index in [0.717, 1.165) is 38.2 Å². The number of nitrogens with zero attached hydrogens (tertiary/aromatic N) is 3. The molecule has 132 valence electrons. The highest BCUT2D eigenvalue weighted by molar-refractivity contribution is 5.10. The fraction of sp³-hybridized carbons (Fsp3) is 0.500. The van der Waals surface area contributed by atoms with Crippen molar-refractivity contribution in [2.75, 3.05) is 19.7 Å². The van der Waals surface area contributed by atoms with Crippen molar-refractivity contribution in [1.82, 2.24) is 14.9 Å². The van der Waals surface area contributed by atoms with E-state index in [-0.39, 0.29) is 11.7 Å². The first-order valence-corrected chi connectivity index (χ1v) is 9.08. The molecule has 0 amide bonds. The van der Waals surface area contributed by atoms with Crippen molar-refractivity contribution in [2.45, 2.75) is 44.1 Å². The fourth-order valence-corrected chi connectivity index (χ4v) is 3.95. The first-order chi connectivity index (χ1) is 12.3. The Labute approximate surface area is 149 Å². The predicted molar refractivity (Wildman–Crippen MR) is 94.9 cm³/mol. The highest BCUT2D eigenvalue weighted by atomic mass is 16.6. The molecule has 0 aromatic carbocycles. The Bertz CT molecular complexity index is 667. The summed E-state index contributed by atoms with van der Waals surface area (Å²) in [5.41, 5.74) is 2.25. The van der Waals surface area contributed by atoms with Crippen LogP contribution in [0.4, 0.5) is 0 Å². The molecule has 2 atom stereocenters. The van der Waals surface area contributed by atoms with Crippen LogP contribution in [0.15, 0.2) is 48.9 Å². The van der Waals surface area contributed by atoms with Gasteiger partial charge in [-0.25, -0.2) is 0 Å². The smallest absolute Gasteiger partial charge is 0.0892 e. The maximum atomic E-state index is 6.25. The van der Waals surface area contributed by atoms with E-state index in [1.54, 1.807) is 0 Å². The van der Waals surface area contributed by atoms with Crippen molar-refractivity contribution in [2.24, 2.45) is 0 Å². The van der Waals surface area contributed by atoms with Crippen LogP contribution in [0.2, 0.25) is 0 Å². The van der Waals surface area contributed by atoms with Gasteiger partial charge in [-0.2, -0.15) is 0 Å². The summed E-state index contributed by atoms with van der Waals surface area (Å²) in [5, 5.41) is 0. The molecule has 5 heteroatoms. The molecule has 0 aliphatic carbocycles. The van der Waals surface area contributed by atoms with Crippen LogP contribution < -0.4 is 0 Å². The fourth-order valence-electron chi connectivity index (χ4n) is 3.95. The van der Waals surface area contributed by atoms with Gasteiger partial charge in [0, 0.05) is 38.1 Å². The molecule has 2 aliphatic rings. The number of likely N-dealkylation sites (tertiary alicyclic amines) is 1. The van der Waals surface area contributed by atoms with Crippen LogP contribution in [0.1, 0.15) is 30.5 Å². The van der Waals surface area contributed by atoms with Gasteiger partial charge in [-0.1, -0.05) is 6.07 Å². The zero-order valence-electron chi connectivity index (χ0n) is 14.5. The van der Waals surface area contributed by atoms with Gasteiger partial charge in [-0.05, 0) is 49.2 Å². The summed E-state index contributed by atoms with van der Waals surface area (Å²) in [5.74, 6) is 0. The van der Waals surface area contributed by atoms with E-state index in [0.29, 0.717) is 13.2 Å². The van der Waals surface area contributed by atoms with Crippen molar-refractivity contribution in [3.05, 3.63) is 60.2 Å². The zero-order chi connectivity index (χ0) is 17.0. The number of aromatic nitrogens is 2. The van der Waals surface area contributed by atoms with Gasteiger partial charge < -0.3 is 9.47 Å². The molecule has 2 aromatic heterocycles. The molecular weight excluding hydrogens is 314 g/mol. The normalized spacial score (nSPS) is 27.0. The second kappa shape index (κ2) is 7.60. The molecule has 0 radical (unpaired) electrons. The summed E-state index contributed by atoms with van der Waals surface area (Å²) in [6.45, 7) is 4.33. The third kappa shape index (κ3) is 4.24. The molecule has 2 aromatic rings. The summed E-state index contributed by atoms with van der Waals surface area (Å²) in [6.07, 6.45) is 8.99. The molecule has 2 saturated heterocycles. The van der Waals surface area contributed by atoms with Crippen LogP contribution in [-0.2, 0) is 22.6 Å². The van der Waals surface area contributed by atoms with E-state index in [9.17, 15) is 0 Å². The van der Waals surface area contributed by atoms with Gasteiger partial charge in [0.25, 0.3) is 0 Å². The Balaban J connectivity index is 1.31. The van der Waals surface area contributed by atoms with Crippen molar-refractivity contribution < 1.29 is 9.47 Å². The van der Waals surface area contributed by atoms with Crippen LogP contribution in [0.3, 0.4) is 0 Å². The van der Waals surface area contributed by atoms with E-state index >= 15 is 0 Å². The minimum atomic E-state index is -0.0416. The van der Waals surface area contributed by atoms with Crippen LogP contribution in [0.5, 0.6) is 0 Å². The molecule has 4 rings (SSSR count). The van der Waals surface area contributed by atoms with E-state index < -0.39 is 0 Å². The molecular formula is C20H25N3O2. The van der Waals surface area contributed by atoms with Gasteiger partial charge in [0.05, 0.1) is 30.6 Å². The van der Waals surface area contributed by atoms with Gasteiger partial charge in [-0.15, -0.1) is 0 Å².